The molecule has 1 aliphatic heterocycles. The molecule has 1 aromatic heterocycles. The number of fused-ring (bicyclic) bond motifs is 1. The van der Waals surface area contributed by atoms with E-state index < -0.39 is 16.4 Å². The van der Waals surface area contributed by atoms with Crippen molar-refractivity contribution in [1.29, 1.82) is 0 Å². The fourth-order valence-electron chi connectivity index (χ4n) is 4.08. The molecule has 1 atom stereocenters. The minimum absolute atomic E-state index is 0.162. The molecule has 2 heterocycles. The molecule has 0 aliphatic carbocycles. The number of alkyl halides is 3. The van der Waals surface area contributed by atoms with E-state index in [1.54, 1.807) is 12.1 Å². The zero-order valence-corrected chi connectivity index (χ0v) is 18.9. The first kappa shape index (κ1) is 23.8. The number of nitrogens with zero attached hydrogens (tertiary/aromatic N) is 1. The molecular weight excluding hydrogens is 471 g/mol. The number of ether oxygens (including phenoxy) is 1. The second-order valence-corrected chi connectivity index (χ2v) is 9.76. The average Bonchev–Trinajstić information content (AvgIpc) is 3.16. The maximum absolute atomic E-state index is 12.8. The Morgan fingerprint density at radius 1 is 1.09 bits per heavy atom. The first-order chi connectivity index (χ1) is 16.0. The molecule has 0 spiro atoms. The number of hydrogen-bond acceptors (Lipinski definition) is 4. The van der Waals surface area contributed by atoms with Gasteiger partial charge in [-0.15, -0.1) is 13.2 Å². The van der Waals surface area contributed by atoms with Crippen LogP contribution in [0.15, 0.2) is 60.7 Å². The highest BCUT2D eigenvalue weighted by atomic mass is 32.2. The summed E-state index contributed by atoms with van der Waals surface area (Å²) in [4.78, 5) is 12.7. The van der Waals surface area contributed by atoms with Crippen LogP contribution in [0.5, 0.6) is 5.75 Å². The van der Waals surface area contributed by atoms with Gasteiger partial charge in [-0.2, -0.15) is 0 Å². The highest BCUT2D eigenvalue weighted by molar-refractivity contribution is 7.88. The molecule has 0 bridgehead atoms. The van der Waals surface area contributed by atoms with E-state index in [-0.39, 0.29) is 30.8 Å². The van der Waals surface area contributed by atoms with Crippen LogP contribution in [0.4, 0.5) is 13.2 Å². The third-order valence-corrected chi connectivity index (χ3v) is 6.13. The summed E-state index contributed by atoms with van der Waals surface area (Å²) in [5, 5.41) is 2.81. The van der Waals surface area contributed by atoms with E-state index in [2.05, 4.69) is 14.8 Å². The maximum atomic E-state index is 12.8. The van der Waals surface area contributed by atoms with Gasteiger partial charge in [0, 0.05) is 18.7 Å². The summed E-state index contributed by atoms with van der Waals surface area (Å²) in [5.74, 6) is -0.690. The fraction of sp³-hybridized carbons (Fsp3) is 0.261. The van der Waals surface area contributed by atoms with E-state index in [9.17, 15) is 26.4 Å². The van der Waals surface area contributed by atoms with E-state index >= 15 is 0 Å². The summed E-state index contributed by atoms with van der Waals surface area (Å²) >= 11 is 0. The molecule has 2 N–H and O–H groups in total. The number of aromatic nitrogens is 1. The molecule has 0 saturated heterocycles. The lowest BCUT2D eigenvalue weighted by atomic mass is 10.0. The number of hydrogen-bond donors (Lipinski definition) is 2. The Bertz CT molecular complexity index is 1300. The average molecular weight is 494 g/mol. The van der Waals surface area contributed by atoms with Crippen molar-refractivity contribution in [3.8, 4) is 28.1 Å². The first-order valence-corrected chi connectivity index (χ1v) is 12.3. The number of carbonyl (C=O) groups excluding carboxylic acids is 1. The van der Waals surface area contributed by atoms with Crippen molar-refractivity contribution in [3.05, 3.63) is 66.4 Å². The summed E-state index contributed by atoms with van der Waals surface area (Å²) in [7, 11) is -3.39. The molecule has 1 aliphatic rings. The van der Waals surface area contributed by atoms with Crippen molar-refractivity contribution in [1.82, 2.24) is 14.6 Å². The summed E-state index contributed by atoms with van der Waals surface area (Å²) < 4.78 is 69.7. The van der Waals surface area contributed by atoms with Crippen LogP contribution < -0.4 is 14.8 Å². The quantitative estimate of drug-likeness (QED) is 0.522. The van der Waals surface area contributed by atoms with Crippen molar-refractivity contribution in [2.45, 2.75) is 18.8 Å². The Morgan fingerprint density at radius 3 is 2.47 bits per heavy atom. The van der Waals surface area contributed by atoms with Gasteiger partial charge in [-0.1, -0.05) is 42.5 Å². The lowest BCUT2D eigenvalue weighted by Gasteiger charge is -2.29. The highest BCUT2D eigenvalue weighted by Crippen LogP contribution is 2.40. The number of carbonyl (C=O) groups is 1. The monoisotopic (exact) mass is 493 g/mol. The van der Waals surface area contributed by atoms with Gasteiger partial charge < -0.3 is 14.6 Å². The normalized spacial score (nSPS) is 16.1. The standard InChI is InChI=1S/C23H22F3N3O4S/c1-34(31,32)28-11-10-17-14-27-22(30)20-13-19(21(29(17)20)15-6-3-2-4-7-15)16-8-5-9-18(12-16)33-23(24,25)26/h2-9,12-13,17,28H,10-11,14H2,1H3,(H,27,30)/t17-/m0/s1. The van der Waals surface area contributed by atoms with Gasteiger partial charge in [-0.05, 0) is 35.7 Å². The summed E-state index contributed by atoms with van der Waals surface area (Å²) in [6, 6.07) is 16.1. The molecule has 0 unspecified atom stereocenters. The summed E-state index contributed by atoms with van der Waals surface area (Å²) in [6.07, 6.45) is -3.37. The van der Waals surface area contributed by atoms with E-state index in [4.69, 9.17) is 0 Å². The van der Waals surface area contributed by atoms with Crippen LogP contribution in [0.3, 0.4) is 0 Å². The van der Waals surface area contributed by atoms with Gasteiger partial charge in [0.2, 0.25) is 10.0 Å². The molecular formula is C23H22F3N3O4S. The maximum Gasteiger partial charge on any atom is 0.573 e. The third kappa shape index (κ3) is 5.42. The molecule has 3 aromatic rings. The van der Waals surface area contributed by atoms with Crippen molar-refractivity contribution in [2.75, 3.05) is 19.3 Å². The van der Waals surface area contributed by atoms with Crippen LogP contribution in [0, 0.1) is 0 Å². The topological polar surface area (TPSA) is 89.4 Å². The van der Waals surface area contributed by atoms with Gasteiger partial charge in [-0.3, -0.25) is 4.79 Å². The zero-order chi connectivity index (χ0) is 24.5. The lowest BCUT2D eigenvalue weighted by molar-refractivity contribution is -0.274. The Balaban J connectivity index is 1.84. The number of benzene rings is 2. The Hall–Kier alpha value is -3.31. The molecule has 0 saturated carbocycles. The van der Waals surface area contributed by atoms with Crippen molar-refractivity contribution < 1.29 is 31.1 Å². The second kappa shape index (κ2) is 9.15. The zero-order valence-electron chi connectivity index (χ0n) is 18.1. The predicted molar refractivity (Wildman–Crippen MR) is 121 cm³/mol. The Kier molecular flexibility index (Phi) is 6.41. The largest absolute Gasteiger partial charge is 0.573 e. The van der Waals surface area contributed by atoms with Gasteiger partial charge in [0.05, 0.1) is 18.0 Å². The van der Waals surface area contributed by atoms with Crippen molar-refractivity contribution in [3.63, 3.8) is 0 Å². The molecule has 34 heavy (non-hydrogen) atoms. The first-order valence-electron chi connectivity index (χ1n) is 10.4. The summed E-state index contributed by atoms with van der Waals surface area (Å²) in [5.41, 5.74) is 2.77. The minimum atomic E-state index is -4.83. The minimum Gasteiger partial charge on any atom is -0.406 e. The van der Waals surface area contributed by atoms with E-state index in [1.807, 2.05) is 34.9 Å². The van der Waals surface area contributed by atoms with Crippen LogP contribution in [0.1, 0.15) is 23.0 Å². The van der Waals surface area contributed by atoms with E-state index in [1.165, 1.54) is 18.2 Å². The van der Waals surface area contributed by atoms with E-state index in [0.29, 0.717) is 28.9 Å². The molecule has 11 heteroatoms. The SMILES string of the molecule is CS(=O)(=O)NCC[C@H]1CNC(=O)c2cc(-c3cccc(OC(F)(F)F)c3)c(-c3ccccc3)n21. The smallest absolute Gasteiger partial charge is 0.406 e. The second-order valence-electron chi connectivity index (χ2n) is 7.92. The molecule has 0 radical (unpaired) electrons. The van der Waals surface area contributed by atoms with Gasteiger partial charge in [0.15, 0.2) is 0 Å². The van der Waals surface area contributed by atoms with Gasteiger partial charge in [-0.25, -0.2) is 13.1 Å². The van der Waals surface area contributed by atoms with Crippen LogP contribution in [-0.4, -0.2) is 44.6 Å². The van der Waals surface area contributed by atoms with Gasteiger partial charge in [0.1, 0.15) is 11.4 Å². The molecule has 0 fully saturated rings. The molecule has 1 amide bonds. The number of rotatable bonds is 7. The van der Waals surface area contributed by atoms with Crippen LogP contribution in [-0.2, 0) is 10.0 Å². The third-order valence-electron chi connectivity index (χ3n) is 5.40. The number of halogens is 3. The Morgan fingerprint density at radius 2 is 1.79 bits per heavy atom. The van der Waals surface area contributed by atoms with Crippen LogP contribution >= 0.6 is 0 Å². The molecule has 180 valence electrons. The molecule has 4 rings (SSSR count). The van der Waals surface area contributed by atoms with Crippen molar-refractivity contribution in [2.24, 2.45) is 0 Å². The van der Waals surface area contributed by atoms with Gasteiger partial charge in [0.25, 0.3) is 5.91 Å². The van der Waals surface area contributed by atoms with E-state index in [0.717, 1.165) is 11.8 Å². The number of nitrogens with one attached hydrogen (secondary N) is 2. The lowest BCUT2D eigenvalue weighted by Crippen LogP contribution is -2.40. The predicted octanol–water partition coefficient (Wildman–Crippen LogP) is 3.94. The Labute approximate surface area is 194 Å². The van der Waals surface area contributed by atoms with Gasteiger partial charge >= 0.3 is 6.36 Å². The van der Waals surface area contributed by atoms with Crippen LogP contribution in [0.2, 0.25) is 0 Å². The highest BCUT2D eigenvalue weighted by Gasteiger charge is 2.33. The summed E-state index contributed by atoms with van der Waals surface area (Å²) in [6.45, 7) is 0.442. The molecule has 7 nitrogen and oxygen atoms in total. The van der Waals surface area contributed by atoms with Crippen LogP contribution in [0.25, 0.3) is 22.4 Å². The number of amides is 1. The fourth-order valence-corrected chi connectivity index (χ4v) is 4.57. The van der Waals surface area contributed by atoms with Crippen molar-refractivity contribution >= 4 is 15.9 Å². The number of sulfonamides is 1. The molecule has 2 aromatic carbocycles.